The first-order valence-electron chi connectivity index (χ1n) is 5.33. The summed E-state index contributed by atoms with van der Waals surface area (Å²) in [6, 6.07) is 0. The molecule has 2 heterocycles. The van der Waals surface area contributed by atoms with Gasteiger partial charge in [0.25, 0.3) is 0 Å². The Bertz CT molecular complexity index is 338. The first-order chi connectivity index (χ1) is 7.28. The van der Waals surface area contributed by atoms with Gasteiger partial charge in [-0.2, -0.15) is 4.98 Å². The summed E-state index contributed by atoms with van der Waals surface area (Å²) >= 11 is 0. The van der Waals surface area contributed by atoms with Crippen LogP contribution in [0.25, 0.3) is 0 Å². The van der Waals surface area contributed by atoms with E-state index in [2.05, 4.69) is 15.0 Å². The molecule has 0 saturated carbocycles. The second kappa shape index (κ2) is 4.53. The highest BCUT2D eigenvalue weighted by Gasteiger charge is 2.18. The van der Waals surface area contributed by atoms with Gasteiger partial charge in [0, 0.05) is 32.4 Å². The van der Waals surface area contributed by atoms with Crippen molar-refractivity contribution in [3.05, 3.63) is 11.7 Å². The first-order valence-corrected chi connectivity index (χ1v) is 5.33. The quantitative estimate of drug-likeness (QED) is 0.736. The summed E-state index contributed by atoms with van der Waals surface area (Å²) in [6.07, 6.45) is 2.09. The van der Waals surface area contributed by atoms with Crippen molar-refractivity contribution in [2.24, 2.45) is 0 Å². The molecule has 0 atom stereocenters. The zero-order valence-corrected chi connectivity index (χ0v) is 8.90. The van der Waals surface area contributed by atoms with Gasteiger partial charge in [-0.3, -0.25) is 9.69 Å². The molecule has 0 aromatic carbocycles. The summed E-state index contributed by atoms with van der Waals surface area (Å²) in [7, 11) is 0. The van der Waals surface area contributed by atoms with Crippen molar-refractivity contribution in [3.8, 4) is 0 Å². The Morgan fingerprint density at radius 1 is 1.40 bits per heavy atom. The molecule has 1 aliphatic heterocycles. The molecule has 1 aliphatic rings. The molecule has 1 saturated heterocycles. The third-order valence-corrected chi connectivity index (χ3v) is 2.60. The van der Waals surface area contributed by atoms with Crippen molar-refractivity contribution in [2.75, 3.05) is 13.1 Å². The molecule has 0 spiro atoms. The molecular formula is C10H15N3O2. The molecule has 82 valence electrons. The van der Waals surface area contributed by atoms with E-state index in [1.54, 1.807) is 0 Å². The summed E-state index contributed by atoms with van der Waals surface area (Å²) in [5.41, 5.74) is 0. The molecule has 5 heteroatoms. The van der Waals surface area contributed by atoms with Crippen LogP contribution in [0.3, 0.4) is 0 Å². The van der Waals surface area contributed by atoms with Gasteiger partial charge in [0.15, 0.2) is 5.82 Å². The van der Waals surface area contributed by atoms with E-state index in [-0.39, 0.29) is 0 Å². The van der Waals surface area contributed by atoms with Crippen molar-refractivity contribution < 1.29 is 9.32 Å². The van der Waals surface area contributed by atoms with Crippen LogP contribution in [-0.4, -0.2) is 33.9 Å². The standard InChI is InChI=1S/C10H15N3O2/c1-2-9-11-10(15-12-9)7-13-5-3-8(14)4-6-13/h2-7H2,1H3. The predicted octanol–water partition coefficient (Wildman–Crippen LogP) is 0.797. The molecule has 0 bridgehead atoms. The minimum absolute atomic E-state index is 0.353. The average molecular weight is 209 g/mol. The van der Waals surface area contributed by atoms with Gasteiger partial charge < -0.3 is 4.52 Å². The van der Waals surface area contributed by atoms with Crippen LogP contribution in [0.1, 0.15) is 31.5 Å². The topological polar surface area (TPSA) is 59.2 Å². The van der Waals surface area contributed by atoms with Gasteiger partial charge in [-0.1, -0.05) is 12.1 Å². The smallest absolute Gasteiger partial charge is 0.240 e. The first kappa shape index (κ1) is 10.3. The Balaban J connectivity index is 1.88. The van der Waals surface area contributed by atoms with Crippen LogP contribution < -0.4 is 0 Å². The number of ketones is 1. The third kappa shape index (κ3) is 2.62. The minimum Gasteiger partial charge on any atom is -0.338 e. The van der Waals surface area contributed by atoms with Crippen LogP contribution in [0, 0.1) is 0 Å². The lowest BCUT2D eigenvalue weighted by molar-refractivity contribution is -0.121. The molecule has 0 amide bonds. The number of hydrogen-bond acceptors (Lipinski definition) is 5. The normalized spacial score (nSPS) is 18.3. The summed E-state index contributed by atoms with van der Waals surface area (Å²) in [4.78, 5) is 17.4. The fraction of sp³-hybridized carbons (Fsp3) is 0.700. The van der Waals surface area contributed by atoms with E-state index in [4.69, 9.17) is 4.52 Å². The van der Waals surface area contributed by atoms with E-state index in [1.165, 1.54) is 0 Å². The van der Waals surface area contributed by atoms with Gasteiger partial charge in [0.1, 0.15) is 5.78 Å². The van der Waals surface area contributed by atoms with Crippen molar-refractivity contribution in [3.63, 3.8) is 0 Å². The van der Waals surface area contributed by atoms with Gasteiger partial charge >= 0.3 is 0 Å². The van der Waals surface area contributed by atoms with E-state index < -0.39 is 0 Å². The predicted molar refractivity (Wildman–Crippen MR) is 53.2 cm³/mol. The Morgan fingerprint density at radius 3 is 2.73 bits per heavy atom. The SMILES string of the molecule is CCc1noc(CN2CCC(=O)CC2)n1. The number of nitrogens with zero attached hydrogens (tertiary/aromatic N) is 3. The molecule has 2 rings (SSSR count). The van der Waals surface area contributed by atoms with Crippen molar-refractivity contribution >= 4 is 5.78 Å². The number of piperidine rings is 1. The third-order valence-electron chi connectivity index (χ3n) is 2.60. The van der Waals surface area contributed by atoms with Crippen LogP contribution in [0.5, 0.6) is 0 Å². The van der Waals surface area contributed by atoms with E-state index in [9.17, 15) is 4.79 Å². The largest absolute Gasteiger partial charge is 0.338 e. The number of rotatable bonds is 3. The second-order valence-electron chi connectivity index (χ2n) is 3.77. The molecule has 0 aliphatic carbocycles. The van der Waals surface area contributed by atoms with Crippen LogP contribution in [0.15, 0.2) is 4.52 Å². The molecule has 1 fully saturated rings. The molecule has 1 aromatic rings. The highest BCUT2D eigenvalue weighted by atomic mass is 16.5. The van der Waals surface area contributed by atoms with Gasteiger partial charge in [-0.25, -0.2) is 0 Å². The molecule has 5 nitrogen and oxygen atoms in total. The minimum atomic E-state index is 0.353. The maximum Gasteiger partial charge on any atom is 0.240 e. The Hall–Kier alpha value is -1.23. The van der Waals surface area contributed by atoms with Crippen LogP contribution in [0.2, 0.25) is 0 Å². The van der Waals surface area contributed by atoms with Gasteiger partial charge in [-0.15, -0.1) is 0 Å². The molecule has 15 heavy (non-hydrogen) atoms. The fourth-order valence-corrected chi connectivity index (χ4v) is 1.65. The second-order valence-corrected chi connectivity index (χ2v) is 3.77. The van der Waals surface area contributed by atoms with Crippen molar-refractivity contribution in [1.82, 2.24) is 15.0 Å². The number of hydrogen-bond donors (Lipinski definition) is 0. The lowest BCUT2D eigenvalue weighted by Gasteiger charge is -2.23. The highest BCUT2D eigenvalue weighted by molar-refractivity contribution is 5.79. The summed E-state index contributed by atoms with van der Waals surface area (Å²) in [6.45, 7) is 4.28. The zero-order chi connectivity index (χ0) is 10.7. The number of likely N-dealkylation sites (tertiary alicyclic amines) is 1. The van der Waals surface area contributed by atoms with E-state index in [0.29, 0.717) is 31.1 Å². The number of aryl methyl sites for hydroxylation is 1. The maximum atomic E-state index is 11.0. The van der Waals surface area contributed by atoms with E-state index in [0.717, 1.165) is 25.3 Å². The average Bonchev–Trinajstić information content (AvgIpc) is 2.69. The lowest BCUT2D eigenvalue weighted by Crippen LogP contribution is -2.33. The van der Waals surface area contributed by atoms with E-state index in [1.807, 2.05) is 6.92 Å². The van der Waals surface area contributed by atoms with Crippen LogP contribution in [0.4, 0.5) is 0 Å². The molecule has 0 radical (unpaired) electrons. The Kier molecular flexibility index (Phi) is 3.11. The zero-order valence-electron chi connectivity index (χ0n) is 8.90. The molecular weight excluding hydrogens is 194 g/mol. The summed E-state index contributed by atoms with van der Waals surface area (Å²) in [5.74, 6) is 1.75. The number of carbonyl (C=O) groups excluding carboxylic acids is 1. The molecule has 0 unspecified atom stereocenters. The maximum absolute atomic E-state index is 11.0. The van der Waals surface area contributed by atoms with Crippen LogP contribution in [-0.2, 0) is 17.8 Å². The molecule has 0 N–H and O–H groups in total. The Morgan fingerprint density at radius 2 is 2.13 bits per heavy atom. The van der Waals surface area contributed by atoms with Crippen molar-refractivity contribution in [1.29, 1.82) is 0 Å². The Labute approximate surface area is 88.5 Å². The van der Waals surface area contributed by atoms with Crippen molar-refractivity contribution in [2.45, 2.75) is 32.7 Å². The highest BCUT2D eigenvalue weighted by Crippen LogP contribution is 2.09. The number of Topliss-reactive ketones (excluding diaryl/α,β-unsaturated/α-hetero) is 1. The summed E-state index contributed by atoms with van der Waals surface area (Å²) in [5, 5.41) is 3.84. The van der Waals surface area contributed by atoms with E-state index >= 15 is 0 Å². The van der Waals surface area contributed by atoms with Gasteiger partial charge in [-0.05, 0) is 0 Å². The van der Waals surface area contributed by atoms with Crippen LogP contribution >= 0.6 is 0 Å². The fourth-order valence-electron chi connectivity index (χ4n) is 1.65. The summed E-state index contributed by atoms with van der Waals surface area (Å²) < 4.78 is 5.10. The lowest BCUT2D eigenvalue weighted by atomic mass is 10.1. The monoisotopic (exact) mass is 209 g/mol. The number of aromatic nitrogens is 2. The van der Waals surface area contributed by atoms with Gasteiger partial charge in [0.2, 0.25) is 5.89 Å². The number of carbonyl (C=O) groups is 1. The molecule has 1 aromatic heterocycles. The van der Waals surface area contributed by atoms with Gasteiger partial charge in [0.05, 0.1) is 6.54 Å².